The molecule has 0 bridgehead atoms. The number of guanidine groups is 1. The predicted molar refractivity (Wildman–Crippen MR) is 118 cm³/mol. The molecule has 0 saturated carbocycles. The Labute approximate surface area is 178 Å². The van der Waals surface area contributed by atoms with Gasteiger partial charge >= 0.3 is 0 Å². The summed E-state index contributed by atoms with van der Waals surface area (Å²) < 4.78 is 13.2. The molecule has 27 heavy (non-hydrogen) atoms. The molecule has 0 aromatic carbocycles. The molecule has 1 aliphatic rings. The van der Waals surface area contributed by atoms with Gasteiger partial charge in [-0.2, -0.15) is 0 Å². The smallest absolute Gasteiger partial charge is 0.190 e. The van der Waals surface area contributed by atoms with E-state index in [-0.39, 0.29) is 24.0 Å². The van der Waals surface area contributed by atoms with Gasteiger partial charge < -0.3 is 24.5 Å². The van der Waals surface area contributed by atoms with E-state index in [0.29, 0.717) is 12.7 Å². The zero-order valence-corrected chi connectivity index (χ0v) is 18.2. The van der Waals surface area contributed by atoms with Gasteiger partial charge in [0.25, 0.3) is 0 Å². The number of aromatic nitrogens is 2. The van der Waals surface area contributed by atoms with Crippen LogP contribution < -0.4 is 10.6 Å². The number of nitrogens with one attached hydrogen (secondary N) is 2. The number of rotatable bonds is 9. The number of ether oxygens (including phenoxy) is 2. The van der Waals surface area contributed by atoms with Crippen molar-refractivity contribution in [2.45, 2.75) is 31.8 Å². The van der Waals surface area contributed by atoms with E-state index in [1.165, 1.54) is 0 Å². The average Bonchev–Trinajstić information content (AvgIpc) is 3.32. The quantitative estimate of drug-likeness (QED) is 0.246. The maximum Gasteiger partial charge on any atom is 0.190 e. The molecule has 0 spiro atoms. The van der Waals surface area contributed by atoms with Gasteiger partial charge in [-0.1, -0.05) is 6.07 Å². The molecule has 1 saturated heterocycles. The van der Waals surface area contributed by atoms with E-state index in [4.69, 9.17) is 9.47 Å². The van der Waals surface area contributed by atoms with Gasteiger partial charge in [-0.25, -0.2) is 4.98 Å². The fourth-order valence-electron chi connectivity index (χ4n) is 3.01. The van der Waals surface area contributed by atoms with Gasteiger partial charge in [0, 0.05) is 52.2 Å². The van der Waals surface area contributed by atoms with Crippen molar-refractivity contribution in [3.8, 4) is 0 Å². The number of pyridine rings is 1. The predicted octanol–water partition coefficient (Wildman–Crippen LogP) is 2.25. The van der Waals surface area contributed by atoms with Crippen LogP contribution in [0.2, 0.25) is 0 Å². The Morgan fingerprint density at radius 2 is 2.26 bits per heavy atom. The van der Waals surface area contributed by atoms with Crippen molar-refractivity contribution in [1.82, 2.24) is 20.0 Å². The van der Waals surface area contributed by atoms with E-state index in [9.17, 15) is 0 Å². The van der Waals surface area contributed by atoms with E-state index >= 15 is 0 Å². The Balaban J connectivity index is 0.00000261. The molecular formula is C19H30IN5O2. The van der Waals surface area contributed by atoms with Crippen LogP contribution in [-0.2, 0) is 15.9 Å². The number of imidazole rings is 1. The Hall–Kier alpha value is -1.39. The minimum absolute atomic E-state index is 0. The van der Waals surface area contributed by atoms with Gasteiger partial charge in [0.2, 0.25) is 0 Å². The van der Waals surface area contributed by atoms with Crippen LogP contribution in [0, 0.1) is 0 Å². The van der Waals surface area contributed by atoms with Gasteiger partial charge in [-0.3, -0.25) is 4.99 Å². The molecule has 1 unspecified atom stereocenters. The third-order valence-corrected chi connectivity index (χ3v) is 4.40. The first-order chi connectivity index (χ1) is 12.8. The maximum absolute atomic E-state index is 5.66. The molecule has 0 amide bonds. The highest BCUT2D eigenvalue weighted by Gasteiger charge is 2.14. The van der Waals surface area contributed by atoms with Crippen molar-refractivity contribution in [2.24, 2.45) is 4.99 Å². The maximum atomic E-state index is 5.66. The summed E-state index contributed by atoms with van der Waals surface area (Å²) in [5, 5.41) is 6.64. The number of hydrogen-bond acceptors (Lipinski definition) is 4. The van der Waals surface area contributed by atoms with Crippen LogP contribution in [0.1, 0.15) is 25.0 Å². The van der Waals surface area contributed by atoms with Crippen molar-refractivity contribution < 1.29 is 9.47 Å². The van der Waals surface area contributed by atoms with Gasteiger partial charge in [-0.15, -0.1) is 24.0 Å². The van der Waals surface area contributed by atoms with Gasteiger partial charge in [0.05, 0.1) is 18.4 Å². The number of halogens is 1. The normalized spacial score (nSPS) is 17.1. The third kappa shape index (κ3) is 7.27. The van der Waals surface area contributed by atoms with Crippen LogP contribution in [0.3, 0.4) is 0 Å². The Morgan fingerprint density at radius 3 is 3.04 bits per heavy atom. The lowest BCUT2D eigenvalue weighted by Crippen LogP contribution is -2.39. The standard InChI is InChI=1S/C19H29N5O2.HI/c1-20-19(21-9-5-12-25-15-17-6-4-13-26-17)22-10-8-16-14-24-11-3-2-7-18(24)23-16;/h2-3,7,11,14,17H,4-6,8-10,12-13,15H2,1H3,(H2,20,21,22);1H. The molecule has 8 heteroatoms. The molecule has 2 aromatic rings. The van der Waals surface area contributed by atoms with Crippen LogP contribution in [0.5, 0.6) is 0 Å². The molecule has 1 fully saturated rings. The molecule has 3 heterocycles. The molecule has 150 valence electrons. The lowest BCUT2D eigenvalue weighted by atomic mass is 10.2. The number of fused-ring (bicyclic) bond motifs is 1. The topological polar surface area (TPSA) is 72.2 Å². The van der Waals surface area contributed by atoms with E-state index in [1.807, 2.05) is 28.8 Å². The van der Waals surface area contributed by atoms with Gasteiger partial charge in [0.15, 0.2) is 5.96 Å². The zero-order chi connectivity index (χ0) is 18.0. The highest BCUT2D eigenvalue weighted by Crippen LogP contribution is 2.11. The van der Waals surface area contributed by atoms with Crippen molar-refractivity contribution in [3.63, 3.8) is 0 Å². The second-order valence-corrected chi connectivity index (χ2v) is 6.44. The van der Waals surface area contributed by atoms with Gasteiger partial charge in [-0.05, 0) is 31.4 Å². The van der Waals surface area contributed by atoms with Crippen LogP contribution >= 0.6 is 24.0 Å². The van der Waals surface area contributed by atoms with Crippen LogP contribution in [0.4, 0.5) is 0 Å². The number of aliphatic imine (C=N–C) groups is 1. The zero-order valence-electron chi connectivity index (χ0n) is 15.9. The highest BCUT2D eigenvalue weighted by atomic mass is 127. The van der Waals surface area contributed by atoms with Crippen LogP contribution in [0.15, 0.2) is 35.6 Å². The third-order valence-electron chi connectivity index (χ3n) is 4.40. The average molecular weight is 487 g/mol. The first-order valence-electron chi connectivity index (χ1n) is 9.41. The second-order valence-electron chi connectivity index (χ2n) is 6.44. The van der Waals surface area contributed by atoms with Gasteiger partial charge in [0.1, 0.15) is 5.65 Å². The Kier molecular flexibility index (Phi) is 9.85. The molecule has 0 radical (unpaired) electrons. The fraction of sp³-hybridized carbons (Fsp3) is 0.579. The summed E-state index contributed by atoms with van der Waals surface area (Å²) in [6.07, 6.45) is 8.47. The minimum Gasteiger partial charge on any atom is -0.379 e. The summed E-state index contributed by atoms with van der Waals surface area (Å²) in [5.41, 5.74) is 2.05. The van der Waals surface area contributed by atoms with Crippen molar-refractivity contribution in [1.29, 1.82) is 0 Å². The molecule has 1 aliphatic heterocycles. The van der Waals surface area contributed by atoms with E-state index in [0.717, 1.165) is 69.3 Å². The monoisotopic (exact) mass is 487 g/mol. The first kappa shape index (κ1) is 21.9. The lowest BCUT2D eigenvalue weighted by Gasteiger charge is -2.12. The molecule has 3 rings (SSSR count). The fourth-order valence-corrected chi connectivity index (χ4v) is 3.01. The molecule has 2 aromatic heterocycles. The summed E-state index contributed by atoms with van der Waals surface area (Å²) in [4.78, 5) is 8.85. The van der Waals surface area contributed by atoms with E-state index < -0.39 is 0 Å². The van der Waals surface area contributed by atoms with Crippen molar-refractivity contribution in [3.05, 3.63) is 36.3 Å². The Bertz CT molecular complexity index is 667. The molecule has 7 nitrogen and oxygen atoms in total. The minimum atomic E-state index is 0. The number of nitrogens with zero attached hydrogens (tertiary/aromatic N) is 3. The lowest BCUT2D eigenvalue weighted by molar-refractivity contribution is 0.0168. The van der Waals surface area contributed by atoms with Crippen molar-refractivity contribution in [2.75, 3.05) is 40.0 Å². The number of hydrogen-bond donors (Lipinski definition) is 2. The van der Waals surface area contributed by atoms with Crippen LogP contribution in [0.25, 0.3) is 5.65 Å². The molecule has 1 atom stereocenters. The highest BCUT2D eigenvalue weighted by molar-refractivity contribution is 14.0. The molecule has 0 aliphatic carbocycles. The Morgan fingerprint density at radius 1 is 1.37 bits per heavy atom. The largest absolute Gasteiger partial charge is 0.379 e. The summed E-state index contributed by atoms with van der Waals surface area (Å²) >= 11 is 0. The summed E-state index contributed by atoms with van der Waals surface area (Å²) in [6.45, 7) is 3.96. The summed E-state index contributed by atoms with van der Waals surface area (Å²) in [7, 11) is 1.79. The first-order valence-corrected chi connectivity index (χ1v) is 9.41. The summed E-state index contributed by atoms with van der Waals surface area (Å²) in [5.74, 6) is 0.813. The molecular weight excluding hydrogens is 457 g/mol. The SMILES string of the molecule is CN=C(NCCCOCC1CCCO1)NCCc1cn2ccccc2n1.I. The van der Waals surface area contributed by atoms with E-state index in [2.05, 4.69) is 26.8 Å². The van der Waals surface area contributed by atoms with Crippen molar-refractivity contribution >= 4 is 35.6 Å². The molecule has 2 N–H and O–H groups in total. The summed E-state index contributed by atoms with van der Waals surface area (Å²) in [6, 6.07) is 6.02. The van der Waals surface area contributed by atoms with E-state index in [1.54, 1.807) is 7.05 Å². The second kappa shape index (κ2) is 12.1. The van der Waals surface area contributed by atoms with Crippen LogP contribution in [-0.4, -0.2) is 61.4 Å².